The minimum Gasteiger partial charge on any atom is -0.508 e. The van der Waals surface area contributed by atoms with Gasteiger partial charge in [-0.1, -0.05) is 18.9 Å². The molecule has 2 fully saturated rings. The number of aromatic hydroxyl groups is 1. The molecule has 0 saturated heterocycles. The van der Waals surface area contributed by atoms with E-state index in [9.17, 15) is 10.2 Å². The Morgan fingerprint density at radius 2 is 2.09 bits per heavy atom. The fourth-order valence-electron chi connectivity index (χ4n) is 5.88. The smallest absolute Gasteiger partial charge is 0.115 e. The van der Waals surface area contributed by atoms with Crippen LogP contribution in [0.2, 0.25) is 0 Å². The second kappa shape index (κ2) is 5.43. The van der Waals surface area contributed by atoms with Crippen molar-refractivity contribution >= 4 is 11.6 Å². The molecule has 6 atom stereocenters. The molecule has 4 rings (SSSR count). The number of aliphatic hydroxyl groups is 1. The normalized spacial score (nSPS) is 41.3. The zero-order valence-electron chi connectivity index (χ0n) is 13.4. The van der Waals surface area contributed by atoms with Crippen LogP contribution in [0.1, 0.15) is 49.7 Å². The highest BCUT2D eigenvalue weighted by molar-refractivity contribution is 6.30. The van der Waals surface area contributed by atoms with Crippen molar-refractivity contribution in [3.63, 3.8) is 0 Å². The van der Waals surface area contributed by atoms with Gasteiger partial charge in [-0.05, 0) is 84.2 Å². The van der Waals surface area contributed by atoms with E-state index in [1.165, 1.54) is 11.1 Å². The summed E-state index contributed by atoms with van der Waals surface area (Å²) in [5, 5.41) is 23.0. The maximum Gasteiger partial charge on any atom is 0.115 e. The largest absolute Gasteiger partial charge is 0.508 e. The van der Waals surface area contributed by atoms with Crippen molar-refractivity contribution in [3.8, 4) is 17.0 Å². The average Bonchev–Trinajstić information content (AvgIpc) is 2.82. The molecule has 2 nitrogen and oxygen atoms in total. The number of aryl methyl sites for hydroxylation is 1. The third-order valence-electron chi connectivity index (χ3n) is 6.90. The van der Waals surface area contributed by atoms with Crippen LogP contribution in [0.25, 0.3) is 0 Å². The monoisotopic (exact) mass is 330 g/mol. The lowest BCUT2D eigenvalue weighted by Gasteiger charge is -2.52. The number of fused-ring (bicyclic) bond motifs is 5. The van der Waals surface area contributed by atoms with Gasteiger partial charge < -0.3 is 10.2 Å². The van der Waals surface area contributed by atoms with Gasteiger partial charge in [-0.2, -0.15) is 0 Å². The molecular weight excluding hydrogens is 308 g/mol. The maximum absolute atomic E-state index is 10.6. The topological polar surface area (TPSA) is 40.5 Å². The van der Waals surface area contributed by atoms with Crippen molar-refractivity contribution in [1.29, 1.82) is 0 Å². The van der Waals surface area contributed by atoms with E-state index in [1.807, 2.05) is 6.07 Å². The van der Waals surface area contributed by atoms with E-state index in [1.54, 1.807) is 6.07 Å². The lowest BCUT2D eigenvalue weighted by Crippen LogP contribution is -2.47. The Bertz CT molecular complexity index is 689. The Balaban J connectivity index is 1.81. The van der Waals surface area contributed by atoms with Gasteiger partial charge in [0.25, 0.3) is 0 Å². The third-order valence-corrected chi connectivity index (χ3v) is 7.01. The van der Waals surface area contributed by atoms with E-state index in [0.29, 0.717) is 23.5 Å². The number of hydrogen-bond donors (Lipinski definition) is 2. The molecular formula is C20H23ClO2. The fourth-order valence-corrected chi connectivity index (χ4v) is 6.02. The predicted octanol–water partition coefficient (Wildman–Crippen LogP) is 4.04. The summed E-state index contributed by atoms with van der Waals surface area (Å²) < 4.78 is 0. The van der Waals surface area contributed by atoms with Crippen molar-refractivity contribution in [2.24, 2.45) is 23.2 Å². The third kappa shape index (κ3) is 2.21. The van der Waals surface area contributed by atoms with Crippen molar-refractivity contribution in [3.05, 3.63) is 29.3 Å². The number of hydrogen-bond acceptors (Lipinski definition) is 2. The Kier molecular flexibility index (Phi) is 3.63. The highest BCUT2D eigenvalue weighted by Crippen LogP contribution is 2.62. The summed E-state index contributed by atoms with van der Waals surface area (Å²) >= 11 is 5.78. The van der Waals surface area contributed by atoms with Crippen LogP contribution in [0, 0.1) is 34.5 Å². The molecule has 3 aliphatic carbocycles. The number of halogens is 1. The molecule has 3 aliphatic rings. The number of aliphatic hydroxyl groups excluding tert-OH is 1. The Hall–Kier alpha value is -1.17. The minimum atomic E-state index is -0.214. The second-order valence-corrected chi connectivity index (χ2v) is 8.06. The van der Waals surface area contributed by atoms with Gasteiger partial charge in [-0.15, -0.1) is 0 Å². The quantitative estimate of drug-likeness (QED) is 0.705. The first-order valence-electron chi connectivity index (χ1n) is 8.65. The van der Waals surface area contributed by atoms with E-state index in [2.05, 4.69) is 24.3 Å². The molecule has 2 saturated carbocycles. The maximum atomic E-state index is 10.6. The van der Waals surface area contributed by atoms with Crippen LogP contribution in [-0.4, -0.2) is 16.3 Å². The van der Waals surface area contributed by atoms with Crippen LogP contribution < -0.4 is 0 Å². The van der Waals surface area contributed by atoms with Gasteiger partial charge in [-0.25, -0.2) is 0 Å². The van der Waals surface area contributed by atoms with E-state index < -0.39 is 0 Å². The van der Waals surface area contributed by atoms with Crippen LogP contribution >= 0.6 is 11.6 Å². The van der Waals surface area contributed by atoms with E-state index in [-0.39, 0.29) is 17.4 Å². The van der Waals surface area contributed by atoms with Gasteiger partial charge in [0.05, 0.1) is 6.10 Å². The Morgan fingerprint density at radius 1 is 1.26 bits per heavy atom. The second-order valence-electron chi connectivity index (χ2n) is 7.87. The number of phenolic OH excluding ortho intramolecular Hbond substituents is 1. The van der Waals surface area contributed by atoms with E-state index in [0.717, 1.165) is 32.1 Å². The average molecular weight is 331 g/mol. The molecule has 23 heavy (non-hydrogen) atoms. The van der Waals surface area contributed by atoms with Crippen LogP contribution in [0.4, 0.5) is 0 Å². The molecule has 1 aromatic carbocycles. The van der Waals surface area contributed by atoms with Crippen LogP contribution in [0.5, 0.6) is 5.75 Å². The van der Waals surface area contributed by atoms with Gasteiger partial charge >= 0.3 is 0 Å². The molecule has 0 bridgehead atoms. The van der Waals surface area contributed by atoms with Crippen molar-refractivity contribution in [2.75, 3.05) is 0 Å². The molecule has 1 unspecified atom stereocenters. The van der Waals surface area contributed by atoms with Crippen LogP contribution in [-0.2, 0) is 6.42 Å². The van der Waals surface area contributed by atoms with Crippen molar-refractivity contribution in [1.82, 2.24) is 0 Å². The molecule has 0 amide bonds. The highest BCUT2D eigenvalue weighted by atomic mass is 35.5. The summed E-state index contributed by atoms with van der Waals surface area (Å²) in [4.78, 5) is 0. The molecule has 0 heterocycles. The summed E-state index contributed by atoms with van der Waals surface area (Å²) in [6.45, 7) is 2.25. The Labute approximate surface area is 142 Å². The SMILES string of the molecule is C[C@]12CC(C#CCl)[C@@H]3c4ccc(O)cc4CC[C@H]3[C@@H]1CC[C@H]2O. The zero-order chi connectivity index (χ0) is 16.2. The van der Waals surface area contributed by atoms with E-state index >= 15 is 0 Å². The van der Waals surface area contributed by atoms with Crippen LogP contribution in [0.3, 0.4) is 0 Å². The minimum absolute atomic E-state index is 0.0268. The molecule has 122 valence electrons. The number of benzene rings is 1. The molecule has 0 aromatic heterocycles. The first kappa shape index (κ1) is 15.4. The Morgan fingerprint density at radius 3 is 2.87 bits per heavy atom. The van der Waals surface area contributed by atoms with Gasteiger partial charge in [0.1, 0.15) is 5.75 Å². The lowest BCUT2D eigenvalue weighted by molar-refractivity contribution is -0.0366. The van der Waals surface area contributed by atoms with Crippen LogP contribution in [0.15, 0.2) is 18.2 Å². The molecule has 0 spiro atoms. The summed E-state index contributed by atoms with van der Waals surface area (Å²) in [7, 11) is 0. The predicted molar refractivity (Wildman–Crippen MR) is 91.2 cm³/mol. The molecule has 0 radical (unpaired) electrons. The van der Waals surface area contributed by atoms with E-state index in [4.69, 9.17) is 11.6 Å². The molecule has 0 aliphatic heterocycles. The summed E-state index contributed by atoms with van der Waals surface area (Å²) in [6, 6.07) is 5.79. The summed E-state index contributed by atoms with van der Waals surface area (Å²) in [6.07, 6.45) is 4.86. The summed E-state index contributed by atoms with van der Waals surface area (Å²) in [5.74, 6) is 5.29. The zero-order valence-corrected chi connectivity index (χ0v) is 14.2. The number of rotatable bonds is 0. The first-order valence-corrected chi connectivity index (χ1v) is 9.03. The van der Waals surface area contributed by atoms with Crippen molar-refractivity contribution < 1.29 is 10.2 Å². The van der Waals surface area contributed by atoms with Gasteiger partial charge in [0.2, 0.25) is 0 Å². The highest BCUT2D eigenvalue weighted by Gasteiger charge is 2.57. The van der Waals surface area contributed by atoms with Gasteiger partial charge in [0.15, 0.2) is 0 Å². The van der Waals surface area contributed by atoms with Crippen molar-refractivity contribution in [2.45, 2.75) is 51.0 Å². The lowest BCUT2D eigenvalue weighted by atomic mass is 9.52. The van der Waals surface area contributed by atoms with Gasteiger partial charge in [0, 0.05) is 17.2 Å². The fraction of sp³-hybridized carbons (Fsp3) is 0.600. The molecule has 2 N–H and O–H groups in total. The standard InChI is InChI=1S/C20H23ClO2/c1-20-11-13(8-9-21)19-15-5-3-14(22)10-12(15)2-4-16(19)17(20)6-7-18(20)23/h3,5,10,13,16-19,22-23H,2,4,6-7,11H2,1H3/t13?,16-,17-,18+,19+,20-/m0/s1. The molecule has 3 heteroatoms. The number of phenols is 1. The summed E-state index contributed by atoms with van der Waals surface area (Å²) in [5.41, 5.74) is 2.57. The first-order chi connectivity index (χ1) is 11.0. The van der Waals surface area contributed by atoms with Gasteiger partial charge in [-0.3, -0.25) is 0 Å². The molecule has 1 aromatic rings.